The van der Waals surface area contributed by atoms with Crippen LogP contribution < -0.4 is 5.49 Å². The summed E-state index contributed by atoms with van der Waals surface area (Å²) < 4.78 is 0.941. The van der Waals surface area contributed by atoms with Crippen LogP contribution in [0.2, 0.25) is 5.15 Å². The lowest BCUT2D eigenvalue weighted by atomic mass is 9.96. The van der Waals surface area contributed by atoms with E-state index in [1.54, 1.807) is 18.2 Å². The molecule has 0 radical (unpaired) electrons. The van der Waals surface area contributed by atoms with Gasteiger partial charge in [-0.25, -0.2) is 0 Å². The number of halogens is 1. The van der Waals surface area contributed by atoms with Gasteiger partial charge in [0.1, 0.15) is 5.15 Å². The van der Waals surface area contributed by atoms with Crippen LogP contribution in [-0.2, 0) is 0 Å². The molecule has 1 aliphatic carbocycles. The van der Waals surface area contributed by atoms with Gasteiger partial charge in [0.2, 0.25) is 0 Å². The number of pyridine rings is 1. The van der Waals surface area contributed by atoms with E-state index in [4.69, 9.17) is 11.6 Å². The Bertz CT molecular complexity index is 394. The molecule has 0 spiro atoms. The van der Waals surface area contributed by atoms with Gasteiger partial charge in [-0.3, -0.25) is 4.99 Å². The Morgan fingerprint density at radius 3 is 2.73 bits per heavy atom. The molecule has 1 heterocycles. The van der Waals surface area contributed by atoms with Gasteiger partial charge in [-0.05, 0) is 25.0 Å². The molecule has 1 fully saturated rings. The Labute approximate surface area is 94.0 Å². The third-order valence-electron chi connectivity index (χ3n) is 2.79. The normalized spacial score (nSPS) is 19.4. The molecule has 1 aliphatic rings. The van der Waals surface area contributed by atoms with Crippen molar-refractivity contribution in [2.45, 2.75) is 38.1 Å². The maximum atomic E-state index is 9.62. The predicted octanol–water partition coefficient (Wildman–Crippen LogP) is 2.61. The highest BCUT2D eigenvalue weighted by Crippen LogP contribution is 2.19. The van der Waals surface area contributed by atoms with E-state index in [9.17, 15) is 5.21 Å². The molecule has 4 heteroatoms. The van der Waals surface area contributed by atoms with Gasteiger partial charge in [0.25, 0.3) is 0 Å². The van der Waals surface area contributed by atoms with E-state index in [2.05, 4.69) is 4.99 Å². The first-order valence-corrected chi connectivity index (χ1v) is 5.76. The molecule has 0 unspecified atom stereocenters. The Morgan fingerprint density at radius 2 is 2.00 bits per heavy atom. The molecule has 0 bridgehead atoms. The third-order valence-corrected chi connectivity index (χ3v) is 3.07. The van der Waals surface area contributed by atoms with Crippen LogP contribution in [0.3, 0.4) is 0 Å². The SMILES string of the molecule is On1c(Cl)cccc1=NC1CCCCC1. The monoisotopic (exact) mass is 226 g/mol. The Hall–Kier alpha value is -0.960. The highest BCUT2D eigenvalue weighted by atomic mass is 35.5. The van der Waals surface area contributed by atoms with Gasteiger partial charge >= 0.3 is 0 Å². The van der Waals surface area contributed by atoms with Crippen LogP contribution >= 0.6 is 11.6 Å². The molecule has 1 N–H and O–H groups in total. The molecule has 1 aromatic rings. The molecule has 0 amide bonds. The van der Waals surface area contributed by atoms with Crippen molar-refractivity contribution in [1.29, 1.82) is 0 Å². The topological polar surface area (TPSA) is 37.5 Å². The van der Waals surface area contributed by atoms with Gasteiger partial charge < -0.3 is 5.21 Å². The van der Waals surface area contributed by atoms with Crippen LogP contribution in [0.1, 0.15) is 32.1 Å². The maximum Gasteiger partial charge on any atom is 0.165 e. The largest absolute Gasteiger partial charge is 0.426 e. The van der Waals surface area contributed by atoms with Crippen LogP contribution in [0.5, 0.6) is 0 Å². The standard InChI is InChI=1S/C11H15ClN2O/c12-10-7-4-8-11(14(10)15)13-9-5-2-1-3-6-9/h4,7-9,15H,1-3,5-6H2. The van der Waals surface area contributed by atoms with Gasteiger partial charge in [-0.2, -0.15) is 4.73 Å². The van der Waals surface area contributed by atoms with Crippen LogP contribution in [-0.4, -0.2) is 16.0 Å². The Balaban J connectivity index is 2.27. The van der Waals surface area contributed by atoms with E-state index >= 15 is 0 Å². The van der Waals surface area contributed by atoms with E-state index < -0.39 is 0 Å². The summed E-state index contributed by atoms with van der Waals surface area (Å²) in [5.41, 5.74) is 0.550. The first-order valence-electron chi connectivity index (χ1n) is 5.38. The summed E-state index contributed by atoms with van der Waals surface area (Å²) in [6.07, 6.45) is 6.01. The van der Waals surface area contributed by atoms with E-state index in [0.717, 1.165) is 17.6 Å². The van der Waals surface area contributed by atoms with E-state index in [0.29, 0.717) is 16.7 Å². The second-order valence-electron chi connectivity index (χ2n) is 3.94. The highest BCUT2D eigenvalue weighted by Gasteiger charge is 2.11. The van der Waals surface area contributed by atoms with Crippen LogP contribution in [0.4, 0.5) is 0 Å². The smallest absolute Gasteiger partial charge is 0.165 e. The van der Waals surface area contributed by atoms with Crippen LogP contribution in [0.15, 0.2) is 23.2 Å². The second-order valence-corrected chi connectivity index (χ2v) is 4.33. The summed E-state index contributed by atoms with van der Waals surface area (Å²) >= 11 is 5.78. The minimum absolute atomic E-state index is 0.298. The third kappa shape index (κ3) is 2.53. The predicted molar refractivity (Wildman–Crippen MR) is 59.1 cm³/mol. The van der Waals surface area contributed by atoms with Crippen molar-refractivity contribution in [3.63, 3.8) is 0 Å². The molecule has 0 aromatic carbocycles. The molecule has 0 atom stereocenters. The fourth-order valence-corrected chi connectivity index (χ4v) is 2.12. The van der Waals surface area contributed by atoms with E-state index in [-0.39, 0.29) is 0 Å². The van der Waals surface area contributed by atoms with Gasteiger partial charge in [-0.1, -0.05) is 36.9 Å². The first kappa shape index (κ1) is 10.6. The maximum absolute atomic E-state index is 9.62. The molecular weight excluding hydrogens is 212 g/mol. The molecule has 2 rings (SSSR count). The van der Waals surface area contributed by atoms with Crippen LogP contribution in [0.25, 0.3) is 0 Å². The van der Waals surface area contributed by atoms with Gasteiger partial charge in [0.05, 0.1) is 6.04 Å². The zero-order chi connectivity index (χ0) is 10.7. The number of hydrogen-bond acceptors (Lipinski definition) is 2. The quantitative estimate of drug-likeness (QED) is 0.580. The van der Waals surface area contributed by atoms with Gasteiger partial charge in [-0.15, -0.1) is 0 Å². The molecule has 0 saturated heterocycles. The molecule has 1 saturated carbocycles. The number of nitrogens with zero attached hydrogens (tertiary/aromatic N) is 2. The van der Waals surface area contributed by atoms with Crippen LogP contribution in [0, 0.1) is 0 Å². The zero-order valence-corrected chi connectivity index (χ0v) is 9.32. The molecule has 1 aromatic heterocycles. The van der Waals surface area contributed by atoms with Gasteiger partial charge in [0.15, 0.2) is 5.49 Å². The molecule has 15 heavy (non-hydrogen) atoms. The van der Waals surface area contributed by atoms with Crippen molar-refractivity contribution >= 4 is 11.6 Å². The zero-order valence-electron chi connectivity index (χ0n) is 8.56. The van der Waals surface area contributed by atoms with E-state index in [1.807, 2.05) is 0 Å². The minimum atomic E-state index is 0.298. The first-order chi connectivity index (χ1) is 7.27. The van der Waals surface area contributed by atoms with Crippen molar-refractivity contribution in [3.05, 3.63) is 28.8 Å². The molecule has 3 nitrogen and oxygen atoms in total. The Morgan fingerprint density at radius 1 is 1.27 bits per heavy atom. The lowest BCUT2D eigenvalue weighted by molar-refractivity contribution is 0.171. The van der Waals surface area contributed by atoms with Crippen molar-refractivity contribution in [2.24, 2.45) is 4.99 Å². The molecule has 82 valence electrons. The lowest BCUT2D eigenvalue weighted by Gasteiger charge is -2.17. The summed E-state index contributed by atoms with van der Waals surface area (Å²) in [4.78, 5) is 4.51. The summed E-state index contributed by atoms with van der Waals surface area (Å²) in [6, 6.07) is 5.56. The molecular formula is C11H15ClN2O. The lowest BCUT2D eigenvalue weighted by Crippen LogP contribution is -2.23. The summed E-state index contributed by atoms with van der Waals surface area (Å²) in [5, 5.41) is 9.92. The van der Waals surface area contributed by atoms with Crippen molar-refractivity contribution < 1.29 is 5.21 Å². The average molecular weight is 227 g/mol. The van der Waals surface area contributed by atoms with Crippen molar-refractivity contribution in [3.8, 4) is 0 Å². The summed E-state index contributed by atoms with van der Waals surface area (Å²) in [6.45, 7) is 0. The van der Waals surface area contributed by atoms with Crippen molar-refractivity contribution in [2.75, 3.05) is 0 Å². The average Bonchev–Trinajstić information content (AvgIpc) is 2.26. The fraction of sp³-hybridized carbons (Fsp3) is 0.545. The second kappa shape index (κ2) is 4.71. The Kier molecular flexibility index (Phi) is 3.31. The number of hydrogen-bond donors (Lipinski definition) is 1. The van der Waals surface area contributed by atoms with E-state index in [1.165, 1.54) is 19.3 Å². The fourth-order valence-electron chi connectivity index (χ4n) is 1.96. The summed E-state index contributed by atoms with van der Waals surface area (Å²) in [5.74, 6) is 0. The van der Waals surface area contributed by atoms with Gasteiger partial charge in [0, 0.05) is 0 Å². The highest BCUT2D eigenvalue weighted by molar-refractivity contribution is 6.29. The number of aromatic nitrogens is 1. The molecule has 0 aliphatic heterocycles. The van der Waals surface area contributed by atoms with Crippen molar-refractivity contribution in [1.82, 2.24) is 4.73 Å². The summed E-state index contributed by atoms with van der Waals surface area (Å²) in [7, 11) is 0. The minimum Gasteiger partial charge on any atom is -0.426 e. The number of rotatable bonds is 1.